The van der Waals surface area contributed by atoms with Gasteiger partial charge in [-0.1, -0.05) is 0 Å². The highest BCUT2D eigenvalue weighted by Crippen LogP contribution is 2.32. The summed E-state index contributed by atoms with van der Waals surface area (Å²) in [5.41, 5.74) is 0. The van der Waals surface area contributed by atoms with Gasteiger partial charge in [-0.15, -0.1) is 0 Å². The van der Waals surface area contributed by atoms with Crippen molar-refractivity contribution in [3.05, 3.63) is 0 Å². The first-order valence-corrected chi connectivity index (χ1v) is 4.48. The fourth-order valence-electron chi connectivity index (χ4n) is 2.21. The molecule has 2 unspecified atom stereocenters. The average Bonchev–Trinajstić information content (AvgIpc) is 2.55. The van der Waals surface area contributed by atoms with Gasteiger partial charge < -0.3 is 4.74 Å². The van der Waals surface area contributed by atoms with Crippen LogP contribution in [0.3, 0.4) is 0 Å². The van der Waals surface area contributed by atoms with Gasteiger partial charge in [-0.2, -0.15) is 0 Å². The molecule has 0 aromatic heterocycles. The van der Waals surface area contributed by atoms with Crippen LogP contribution in [0.2, 0.25) is 0 Å². The molecule has 0 aromatic carbocycles. The zero-order valence-corrected chi connectivity index (χ0v) is 6.71. The Bertz CT molecular complexity index is 159. The summed E-state index contributed by atoms with van der Waals surface area (Å²) in [6.07, 6.45) is 4.16. The molecule has 0 spiro atoms. The lowest BCUT2D eigenvalue weighted by atomic mass is 9.90. The van der Waals surface area contributed by atoms with E-state index in [4.69, 9.17) is 4.74 Å². The van der Waals surface area contributed by atoms with Crippen LogP contribution in [0, 0.1) is 11.8 Å². The lowest BCUT2D eigenvalue weighted by molar-refractivity contribution is -0.122. The molecule has 2 aliphatic rings. The minimum Gasteiger partial charge on any atom is -0.381 e. The lowest BCUT2D eigenvalue weighted by Crippen LogP contribution is -2.18. The van der Waals surface area contributed by atoms with Gasteiger partial charge in [0.1, 0.15) is 5.78 Å². The summed E-state index contributed by atoms with van der Waals surface area (Å²) < 4.78 is 5.27. The molecule has 11 heavy (non-hydrogen) atoms. The number of hydrogen-bond acceptors (Lipinski definition) is 2. The van der Waals surface area contributed by atoms with Crippen LogP contribution in [0.1, 0.15) is 25.7 Å². The molecule has 1 saturated heterocycles. The van der Waals surface area contributed by atoms with Crippen molar-refractivity contribution in [1.82, 2.24) is 0 Å². The monoisotopic (exact) mass is 154 g/mol. The van der Waals surface area contributed by atoms with Gasteiger partial charge in [-0.3, -0.25) is 4.79 Å². The van der Waals surface area contributed by atoms with Crippen molar-refractivity contribution in [2.45, 2.75) is 25.7 Å². The number of rotatable bonds is 1. The molecule has 2 atom stereocenters. The van der Waals surface area contributed by atoms with E-state index in [1.807, 2.05) is 0 Å². The fraction of sp³-hybridized carbons (Fsp3) is 0.889. The smallest absolute Gasteiger partial charge is 0.136 e. The van der Waals surface area contributed by atoms with Crippen LogP contribution in [0.15, 0.2) is 0 Å². The normalized spacial score (nSPS) is 38.4. The first-order valence-electron chi connectivity index (χ1n) is 4.48. The van der Waals surface area contributed by atoms with Gasteiger partial charge >= 0.3 is 0 Å². The highest BCUT2D eigenvalue weighted by molar-refractivity contribution is 5.83. The van der Waals surface area contributed by atoms with Crippen LogP contribution in [0.25, 0.3) is 0 Å². The number of carbonyl (C=O) groups excluding carboxylic acids is 1. The van der Waals surface area contributed by atoms with Crippen molar-refractivity contribution in [3.63, 3.8) is 0 Å². The van der Waals surface area contributed by atoms with Gasteiger partial charge in [0, 0.05) is 18.9 Å². The fourth-order valence-corrected chi connectivity index (χ4v) is 2.21. The summed E-state index contributed by atoms with van der Waals surface area (Å²) in [5.74, 6) is 1.41. The van der Waals surface area contributed by atoms with Crippen LogP contribution in [0.5, 0.6) is 0 Å². The molecule has 0 N–H and O–H groups in total. The SMILES string of the molecule is O=C1CCCC1C1CCOC1. The van der Waals surface area contributed by atoms with Gasteiger partial charge in [0.15, 0.2) is 0 Å². The number of Topliss-reactive ketones (excluding diaryl/α,β-unsaturated/α-hetero) is 1. The average molecular weight is 154 g/mol. The summed E-state index contributed by atoms with van der Waals surface area (Å²) in [4.78, 5) is 11.3. The Morgan fingerprint density at radius 3 is 2.82 bits per heavy atom. The zero-order valence-electron chi connectivity index (χ0n) is 6.71. The van der Waals surface area contributed by atoms with Crippen LogP contribution in [-0.2, 0) is 9.53 Å². The minimum absolute atomic E-state index is 0.359. The second kappa shape index (κ2) is 2.94. The largest absolute Gasteiger partial charge is 0.381 e. The number of ether oxygens (including phenoxy) is 1. The van der Waals surface area contributed by atoms with Gasteiger partial charge in [0.25, 0.3) is 0 Å². The maximum absolute atomic E-state index is 11.3. The number of carbonyl (C=O) groups is 1. The topological polar surface area (TPSA) is 26.3 Å². The Balaban J connectivity index is 1.97. The van der Waals surface area contributed by atoms with Crippen molar-refractivity contribution >= 4 is 5.78 Å². The molecule has 1 heterocycles. The molecular weight excluding hydrogens is 140 g/mol. The maximum Gasteiger partial charge on any atom is 0.136 e. The predicted molar refractivity (Wildman–Crippen MR) is 41.3 cm³/mol. The number of hydrogen-bond donors (Lipinski definition) is 0. The first-order chi connectivity index (χ1) is 5.38. The Labute approximate surface area is 66.9 Å². The molecule has 0 aromatic rings. The lowest BCUT2D eigenvalue weighted by Gasteiger charge is -2.13. The van der Waals surface area contributed by atoms with Crippen LogP contribution in [0.4, 0.5) is 0 Å². The molecular formula is C9H14O2. The van der Waals surface area contributed by atoms with E-state index in [-0.39, 0.29) is 0 Å². The highest BCUT2D eigenvalue weighted by atomic mass is 16.5. The van der Waals surface area contributed by atoms with E-state index in [9.17, 15) is 4.79 Å². The molecule has 2 rings (SSSR count). The molecule has 0 radical (unpaired) electrons. The third kappa shape index (κ3) is 1.32. The van der Waals surface area contributed by atoms with E-state index >= 15 is 0 Å². The first kappa shape index (κ1) is 7.29. The van der Waals surface area contributed by atoms with E-state index in [2.05, 4.69) is 0 Å². The third-order valence-corrected chi connectivity index (χ3v) is 2.89. The van der Waals surface area contributed by atoms with Crippen LogP contribution >= 0.6 is 0 Å². The predicted octanol–water partition coefficient (Wildman–Crippen LogP) is 1.39. The third-order valence-electron chi connectivity index (χ3n) is 2.89. The summed E-state index contributed by atoms with van der Waals surface area (Å²) in [5, 5.41) is 0. The molecule has 2 nitrogen and oxygen atoms in total. The molecule has 0 bridgehead atoms. The Morgan fingerprint density at radius 1 is 1.36 bits per heavy atom. The molecule has 1 saturated carbocycles. The summed E-state index contributed by atoms with van der Waals surface area (Å²) in [6, 6.07) is 0. The summed E-state index contributed by atoms with van der Waals surface area (Å²) in [6.45, 7) is 1.70. The molecule has 1 aliphatic carbocycles. The molecule has 2 fully saturated rings. The molecule has 0 amide bonds. The minimum atomic E-state index is 0.359. The number of ketones is 1. The van der Waals surface area contributed by atoms with E-state index in [0.717, 1.165) is 38.9 Å². The van der Waals surface area contributed by atoms with E-state index in [0.29, 0.717) is 17.6 Å². The van der Waals surface area contributed by atoms with E-state index < -0.39 is 0 Å². The van der Waals surface area contributed by atoms with Gasteiger partial charge in [-0.25, -0.2) is 0 Å². The van der Waals surface area contributed by atoms with Crippen molar-refractivity contribution in [3.8, 4) is 0 Å². The van der Waals surface area contributed by atoms with E-state index in [1.165, 1.54) is 0 Å². The van der Waals surface area contributed by atoms with Crippen LogP contribution in [-0.4, -0.2) is 19.0 Å². The summed E-state index contributed by atoms with van der Waals surface area (Å²) in [7, 11) is 0. The molecule has 1 aliphatic heterocycles. The second-order valence-corrected chi connectivity index (χ2v) is 3.59. The Morgan fingerprint density at radius 2 is 2.27 bits per heavy atom. The van der Waals surface area contributed by atoms with Crippen molar-refractivity contribution < 1.29 is 9.53 Å². The zero-order chi connectivity index (χ0) is 7.68. The standard InChI is InChI=1S/C9H14O2/c10-9-3-1-2-8(9)7-4-5-11-6-7/h7-8H,1-6H2. The Hall–Kier alpha value is -0.370. The van der Waals surface area contributed by atoms with Gasteiger partial charge in [0.2, 0.25) is 0 Å². The highest BCUT2D eigenvalue weighted by Gasteiger charge is 2.33. The summed E-state index contributed by atoms with van der Waals surface area (Å²) >= 11 is 0. The maximum atomic E-state index is 11.3. The quantitative estimate of drug-likeness (QED) is 0.570. The van der Waals surface area contributed by atoms with Gasteiger partial charge in [-0.05, 0) is 25.2 Å². The van der Waals surface area contributed by atoms with Gasteiger partial charge in [0.05, 0.1) is 6.61 Å². The van der Waals surface area contributed by atoms with Crippen molar-refractivity contribution in [1.29, 1.82) is 0 Å². The van der Waals surface area contributed by atoms with Crippen molar-refractivity contribution in [2.24, 2.45) is 11.8 Å². The second-order valence-electron chi connectivity index (χ2n) is 3.59. The molecule has 62 valence electrons. The van der Waals surface area contributed by atoms with Crippen LogP contribution < -0.4 is 0 Å². The Kier molecular flexibility index (Phi) is 1.95. The van der Waals surface area contributed by atoms with Crippen molar-refractivity contribution in [2.75, 3.05) is 13.2 Å². The van der Waals surface area contributed by atoms with E-state index in [1.54, 1.807) is 0 Å². The molecule has 2 heteroatoms.